The number of anilines is 3. The van der Waals surface area contributed by atoms with Gasteiger partial charge in [-0.05, 0) is 110 Å². The van der Waals surface area contributed by atoms with Gasteiger partial charge in [-0.25, -0.2) is 0 Å². The average Bonchev–Trinajstić information content (AvgIpc) is 3.70. The number of rotatable bonds is 7. The predicted octanol–water partition coefficient (Wildman–Crippen LogP) is 16.0. The molecule has 0 unspecified atom stereocenters. The minimum atomic E-state index is 0.881. The van der Waals surface area contributed by atoms with Crippen LogP contribution in [0.2, 0.25) is 0 Å². The number of furan rings is 1. The van der Waals surface area contributed by atoms with Crippen molar-refractivity contribution < 1.29 is 4.42 Å². The van der Waals surface area contributed by atoms with Crippen molar-refractivity contribution in [3.63, 3.8) is 0 Å². The van der Waals surface area contributed by atoms with Gasteiger partial charge in [0.1, 0.15) is 11.2 Å². The Bertz CT molecular complexity index is 3290. The third-order valence-electron chi connectivity index (χ3n) is 11.4. The lowest BCUT2D eigenvalue weighted by Gasteiger charge is -2.28. The Balaban J connectivity index is 1.05. The molecule has 0 saturated heterocycles. The minimum absolute atomic E-state index is 0.881. The largest absolute Gasteiger partial charge is 0.455 e. The first-order valence-electron chi connectivity index (χ1n) is 19.8. The third kappa shape index (κ3) is 5.91. The number of fused-ring (bicyclic) bond motifs is 6. The van der Waals surface area contributed by atoms with Crippen LogP contribution in [0.15, 0.2) is 229 Å². The molecule has 0 aliphatic heterocycles. The van der Waals surface area contributed by atoms with Crippen LogP contribution >= 0.6 is 0 Å². The predicted molar refractivity (Wildman–Crippen MR) is 245 cm³/mol. The summed E-state index contributed by atoms with van der Waals surface area (Å²) in [6, 6.07) is 80.7. The molecule has 0 aliphatic rings. The lowest BCUT2D eigenvalue weighted by Crippen LogP contribution is -2.11. The summed E-state index contributed by atoms with van der Waals surface area (Å²) in [5, 5.41) is 7.03. The molecule has 11 rings (SSSR count). The van der Waals surface area contributed by atoms with E-state index < -0.39 is 0 Å². The second-order valence-electron chi connectivity index (χ2n) is 14.9. The van der Waals surface area contributed by atoms with Crippen molar-refractivity contribution in [2.45, 2.75) is 0 Å². The van der Waals surface area contributed by atoms with E-state index in [1.165, 1.54) is 44.0 Å². The molecule has 0 amide bonds. The number of para-hydroxylation sites is 1. The molecule has 0 spiro atoms. The second-order valence-corrected chi connectivity index (χ2v) is 14.9. The average molecular weight is 740 g/mol. The van der Waals surface area contributed by atoms with Crippen LogP contribution in [0.25, 0.3) is 88.0 Å². The molecule has 58 heavy (non-hydrogen) atoms. The number of nitrogens with zero attached hydrogens (tertiary/aromatic N) is 1. The summed E-state index contributed by atoms with van der Waals surface area (Å²) < 4.78 is 6.66. The molecule has 0 bridgehead atoms. The molecule has 0 saturated carbocycles. The molecule has 2 nitrogen and oxygen atoms in total. The molecule has 0 radical (unpaired) electrons. The second kappa shape index (κ2) is 14.1. The van der Waals surface area contributed by atoms with E-state index in [1.54, 1.807) is 0 Å². The monoisotopic (exact) mass is 739 g/mol. The summed E-state index contributed by atoms with van der Waals surface area (Å²) >= 11 is 0. The molecule has 0 atom stereocenters. The van der Waals surface area contributed by atoms with Gasteiger partial charge in [0.05, 0.1) is 5.69 Å². The molecule has 0 fully saturated rings. The van der Waals surface area contributed by atoms with Crippen molar-refractivity contribution >= 4 is 60.5 Å². The zero-order chi connectivity index (χ0) is 38.4. The van der Waals surface area contributed by atoms with E-state index in [2.05, 4.69) is 229 Å². The van der Waals surface area contributed by atoms with Gasteiger partial charge in [-0.3, -0.25) is 0 Å². The fourth-order valence-electron chi connectivity index (χ4n) is 8.61. The quantitative estimate of drug-likeness (QED) is 0.162. The fraction of sp³-hybridized carbons (Fsp3) is 0. The van der Waals surface area contributed by atoms with E-state index in [-0.39, 0.29) is 0 Å². The molecule has 0 N–H and O–H groups in total. The Morgan fingerprint density at radius 1 is 0.310 bits per heavy atom. The highest BCUT2D eigenvalue weighted by atomic mass is 16.3. The van der Waals surface area contributed by atoms with E-state index in [0.29, 0.717) is 0 Å². The van der Waals surface area contributed by atoms with Gasteiger partial charge in [0.25, 0.3) is 0 Å². The van der Waals surface area contributed by atoms with Gasteiger partial charge in [-0.15, -0.1) is 0 Å². The Labute approximate surface area is 337 Å². The maximum absolute atomic E-state index is 6.66. The van der Waals surface area contributed by atoms with E-state index in [9.17, 15) is 0 Å². The summed E-state index contributed by atoms with van der Waals surface area (Å²) in [4.78, 5) is 2.40. The highest BCUT2D eigenvalue weighted by Gasteiger charge is 2.21. The molecule has 11 aromatic rings. The van der Waals surface area contributed by atoms with Crippen LogP contribution in [0.4, 0.5) is 17.1 Å². The van der Waals surface area contributed by atoms with Gasteiger partial charge < -0.3 is 9.32 Å². The van der Waals surface area contributed by atoms with E-state index in [4.69, 9.17) is 4.42 Å². The molecule has 1 aromatic heterocycles. The summed E-state index contributed by atoms with van der Waals surface area (Å²) in [5.41, 5.74) is 14.4. The normalized spacial score (nSPS) is 11.4. The highest BCUT2D eigenvalue weighted by Crippen LogP contribution is 2.46. The Hall–Kier alpha value is -7.68. The Morgan fingerprint density at radius 2 is 0.897 bits per heavy atom. The fourth-order valence-corrected chi connectivity index (χ4v) is 8.61. The lowest BCUT2D eigenvalue weighted by molar-refractivity contribution is 0.673. The van der Waals surface area contributed by atoms with Gasteiger partial charge >= 0.3 is 0 Å². The molecule has 0 aliphatic carbocycles. The van der Waals surface area contributed by atoms with Gasteiger partial charge in [0, 0.05) is 33.1 Å². The van der Waals surface area contributed by atoms with Crippen molar-refractivity contribution in [2.24, 2.45) is 0 Å². The maximum Gasteiger partial charge on any atom is 0.143 e. The van der Waals surface area contributed by atoms with Crippen molar-refractivity contribution in [1.82, 2.24) is 0 Å². The lowest BCUT2D eigenvalue weighted by atomic mass is 9.95. The Kier molecular flexibility index (Phi) is 8.19. The molecular formula is C56H37NO. The molecule has 1 heterocycles. The smallest absolute Gasteiger partial charge is 0.143 e. The third-order valence-corrected chi connectivity index (χ3v) is 11.4. The van der Waals surface area contributed by atoms with Crippen molar-refractivity contribution in [3.05, 3.63) is 224 Å². The van der Waals surface area contributed by atoms with Crippen LogP contribution in [-0.4, -0.2) is 0 Å². The standard InChI is InChI=1S/C56H37NO/c1-2-13-38(14-3-1)45-20-11-21-48(37-45)57(47-32-29-40(30-33-47)43-18-10-19-44(35-43)46-28-27-39-15-4-5-17-42(39)36-46)53-25-9-8-23-50(53)51-24-12-26-54-55(51)52-34-31-41-16-6-7-22-49(41)56(52)58-54/h1-37H. The highest BCUT2D eigenvalue weighted by molar-refractivity contribution is 6.19. The Morgan fingerprint density at radius 3 is 1.76 bits per heavy atom. The first kappa shape index (κ1) is 33.6. The maximum atomic E-state index is 6.66. The summed E-state index contributed by atoms with van der Waals surface area (Å²) in [6.45, 7) is 0. The molecule has 2 heteroatoms. The van der Waals surface area contributed by atoms with Crippen LogP contribution in [-0.2, 0) is 0 Å². The van der Waals surface area contributed by atoms with Gasteiger partial charge in [-0.1, -0.05) is 170 Å². The first-order chi connectivity index (χ1) is 28.7. The summed E-state index contributed by atoms with van der Waals surface area (Å²) in [7, 11) is 0. The van der Waals surface area contributed by atoms with Crippen molar-refractivity contribution in [2.75, 3.05) is 4.90 Å². The van der Waals surface area contributed by atoms with E-state index in [0.717, 1.165) is 61.1 Å². The topological polar surface area (TPSA) is 16.4 Å². The van der Waals surface area contributed by atoms with Crippen molar-refractivity contribution in [3.8, 4) is 44.5 Å². The van der Waals surface area contributed by atoms with Crippen molar-refractivity contribution in [1.29, 1.82) is 0 Å². The van der Waals surface area contributed by atoms with Crippen LogP contribution < -0.4 is 4.90 Å². The SMILES string of the molecule is c1ccc(-c2cccc(N(c3ccc(-c4cccc(-c5ccc6ccccc6c5)c4)cc3)c3ccccc3-c3cccc4oc5c6ccccc6ccc5c34)c2)cc1. The first-order valence-corrected chi connectivity index (χ1v) is 19.8. The van der Waals surface area contributed by atoms with Crippen LogP contribution in [0.1, 0.15) is 0 Å². The molecular weight excluding hydrogens is 703 g/mol. The van der Waals surface area contributed by atoms with E-state index in [1.807, 2.05) is 0 Å². The molecule has 10 aromatic carbocycles. The zero-order valence-corrected chi connectivity index (χ0v) is 31.7. The van der Waals surface area contributed by atoms with E-state index >= 15 is 0 Å². The van der Waals surface area contributed by atoms with Crippen LogP contribution in [0.3, 0.4) is 0 Å². The number of benzene rings is 10. The number of hydrogen-bond donors (Lipinski definition) is 0. The summed E-state index contributed by atoms with van der Waals surface area (Å²) in [5.74, 6) is 0. The van der Waals surface area contributed by atoms with Gasteiger partial charge in [0.15, 0.2) is 0 Å². The molecule has 272 valence electrons. The minimum Gasteiger partial charge on any atom is -0.455 e. The van der Waals surface area contributed by atoms with Crippen LogP contribution in [0.5, 0.6) is 0 Å². The summed E-state index contributed by atoms with van der Waals surface area (Å²) in [6.07, 6.45) is 0. The van der Waals surface area contributed by atoms with Gasteiger partial charge in [-0.2, -0.15) is 0 Å². The van der Waals surface area contributed by atoms with Gasteiger partial charge in [0.2, 0.25) is 0 Å². The zero-order valence-electron chi connectivity index (χ0n) is 31.7. The number of hydrogen-bond acceptors (Lipinski definition) is 2. The van der Waals surface area contributed by atoms with Crippen LogP contribution in [0, 0.1) is 0 Å².